The van der Waals surface area contributed by atoms with Crippen LogP contribution < -0.4 is 0 Å². The minimum atomic E-state index is 0.0853. The quantitative estimate of drug-likeness (QED) is 0.705. The molecule has 0 bridgehead atoms. The molecular weight excluding hydrogens is 246 g/mol. The van der Waals surface area contributed by atoms with Crippen molar-refractivity contribution >= 4 is 22.5 Å². The molecular formula is C15H10ClNO. The Morgan fingerprint density at radius 1 is 1.00 bits per heavy atom. The first-order valence-corrected chi connectivity index (χ1v) is 5.96. The van der Waals surface area contributed by atoms with E-state index in [0.29, 0.717) is 5.02 Å². The van der Waals surface area contributed by atoms with Crippen LogP contribution in [0, 0.1) is 0 Å². The maximum absolute atomic E-state index is 9.68. The number of nitrogens with zero attached hydrogens (tertiary/aromatic N) is 1. The van der Waals surface area contributed by atoms with Gasteiger partial charge in [0.2, 0.25) is 0 Å². The number of pyridine rings is 1. The Morgan fingerprint density at radius 2 is 1.83 bits per heavy atom. The number of hydrogen-bond acceptors (Lipinski definition) is 2. The summed E-state index contributed by atoms with van der Waals surface area (Å²) < 4.78 is 0. The zero-order chi connectivity index (χ0) is 12.5. The number of phenolic OH excluding ortho intramolecular Hbond substituents is 1. The molecule has 2 aromatic carbocycles. The molecule has 2 nitrogen and oxygen atoms in total. The van der Waals surface area contributed by atoms with E-state index in [1.54, 1.807) is 18.3 Å². The van der Waals surface area contributed by atoms with E-state index in [-0.39, 0.29) is 5.75 Å². The number of benzene rings is 2. The maximum atomic E-state index is 9.68. The summed E-state index contributed by atoms with van der Waals surface area (Å²) in [5.74, 6) is 0.0853. The van der Waals surface area contributed by atoms with Crippen molar-refractivity contribution in [3.05, 3.63) is 59.8 Å². The number of halogens is 1. The number of rotatable bonds is 1. The molecule has 3 rings (SSSR count). The molecule has 0 fully saturated rings. The Hall–Kier alpha value is -2.06. The molecule has 0 aliphatic carbocycles. The summed E-state index contributed by atoms with van der Waals surface area (Å²) in [4.78, 5) is 4.40. The summed E-state index contributed by atoms with van der Waals surface area (Å²) in [5, 5.41) is 11.1. The van der Waals surface area contributed by atoms with Gasteiger partial charge in [-0.2, -0.15) is 0 Å². The number of aromatic nitrogens is 1. The van der Waals surface area contributed by atoms with Crippen molar-refractivity contribution in [3.63, 3.8) is 0 Å². The Balaban J connectivity index is 2.28. The Kier molecular flexibility index (Phi) is 2.65. The lowest BCUT2D eigenvalue weighted by Gasteiger charge is -2.07. The van der Waals surface area contributed by atoms with Gasteiger partial charge in [0.15, 0.2) is 0 Å². The molecule has 88 valence electrons. The predicted octanol–water partition coefficient (Wildman–Crippen LogP) is 4.26. The zero-order valence-electron chi connectivity index (χ0n) is 9.47. The first-order valence-electron chi connectivity index (χ1n) is 5.58. The van der Waals surface area contributed by atoms with Gasteiger partial charge in [-0.15, -0.1) is 0 Å². The van der Waals surface area contributed by atoms with Crippen LogP contribution in [0.15, 0.2) is 54.7 Å². The van der Waals surface area contributed by atoms with Crippen molar-refractivity contribution in [1.82, 2.24) is 4.98 Å². The van der Waals surface area contributed by atoms with Crippen LogP contribution in [0.1, 0.15) is 0 Å². The lowest BCUT2D eigenvalue weighted by molar-refractivity contribution is 0.476. The molecule has 18 heavy (non-hydrogen) atoms. The van der Waals surface area contributed by atoms with E-state index in [2.05, 4.69) is 4.98 Å². The molecule has 1 N–H and O–H groups in total. The minimum Gasteiger partial charge on any atom is -0.506 e. The molecule has 0 radical (unpaired) electrons. The fourth-order valence-corrected chi connectivity index (χ4v) is 2.13. The first kappa shape index (κ1) is 11.1. The lowest BCUT2D eigenvalue weighted by Crippen LogP contribution is -1.84. The second-order valence-electron chi connectivity index (χ2n) is 4.05. The molecule has 0 aliphatic heterocycles. The molecule has 1 heterocycles. The molecule has 1 aromatic heterocycles. The van der Waals surface area contributed by atoms with Crippen LogP contribution >= 0.6 is 11.6 Å². The average molecular weight is 256 g/mol. The van der Waals surface area contributed by atoms with Gasteiger partial charge in [0.25, 0.3) is 0 Å². The van der Waals surface area contributed by atoms with Crippen LogP contribution in [0.5, 0.6) is 5.75 Å². The summed E-state index contributed by atoms with van der Waals surface area (Å²) in [6.07, 6.45) is 1.77. The second kappa shape index (κ2) is 4.31. The average Bonchev–Trinajstić information content (AvgIpc) is 2.41. The van der Waals surface area contributed by atoms with Gasteiger partial charge in [-0.3, -0.25) is 4.98 Å². The molecule has 0 saturated heterocycles. The fourth-order valence-electron chi connectivity index (χ4n) is 2.02. The predicted molar refractivity (Wildman–Crippen MR) is 73.9 cm³/mol. The van der Waals surface area contributed by atoms with Crippen molar-refractivity contribution in [2.75, 3.05) is 0 Å². The summed E-state index contributed by atoms with van der Waals surface area (Å²) in [6, 6.07) is 15.1. The highest BCUT2D eigenvalue weighted by atomic mass is 35.5. The van der Waals surface area contributed by atoms with E-state index in [0.717, 1.165) is 22.0 Å². The van der Waals surface area contributed by atoms with E-state index >= 15 is 0 Å². The highest BCUT2D eigenvalue weighted by Gasteiger charge is 2.06. The molecule has 0 atom stereocenters. The van der Waals surface area contributed by atoms with E-state index in [1.165, 1.54) is 0 Å². The Morgan fingerprint density at radius 3 is 2.67 bits per heavy atom. The van der Waals surface area contributed by atoms with Crippen LogP contribution in [0.2, 0.25) is 5.02 Å². The highest BCUT2D eigenvalue weighted by Crippen LogP contribution is 2.32. The normalized spacial score (nSPS) is 10.7. The van der Waals surface area contributed by atoms with E-state index < -0.39 is 0 Å². The van der Waals surface area contributed by atoms with E-state index in [4.69, 9.17) is 11.6 Å². The van der Waals surface area contributed by atoms with E-state index in [1.807, 2.05) is 36.4 Å². The molecule has 0 aliphatic rings. The molecule has 0 saturated carbocycles. The molecule has 3 aromatic rings. The van der Waals surface area contributed by atoms with Crippen molar-refractivity contribution in [2.24, 2.45) is 0 Å². The van der Waals surface area contributed by atoms with Crippen LogP contribution in [0.4, 0.5) is 0 Å². The lowest BCUT2D eigenvalue weighted by atomic mass is 10.0. The Labute approximate surface area is 109 Å². The topological polar surface area (TPSA) is 33.1 Å². The van der Waals surface area contributed by atoms with Gasteiger partial charge < -0.3 is 5.11 Å². The van der Waals surface area contributed by atoms with Gasteiger partial charge in [0.05, 0.1) is 10.5 Å². The SMILES string of the molecule is Oc1cc(-c2cccc3cccnc23)ccc1Cl. The number of hydrogen-bond donors (Lipinski definition) is 1. The summed E-state index contributed by atoms with van der Waals surface area (Å²) in [7, 11) is 0. The van der Waals surface area contributed by atoms with Gasteiger partial charge in [0.1, 0.15) is 5.75 Å². The number of fused-ring (bicyclic) bond motifs is 1. The third-order valence-electron chi connectivity index (χ3n) is 2.89. The molecule has 0 spiro atoms. The standard InChI is InChI=1S/C15H10ClNO/c16-13-7-6-11(9-14(13)18)12-5-1-3-10-4-2-8-17-15(10)12/h1-9,18H. The van der Waals surface area contributed by atoms with Crippen molar-refractivity contribution < 1.29 is 5.11 Å². The van der Waals surface area contributed by atoms with Crippen molar-refractivity contribution in [1.29, 1.82) is 0 Å². The number of phenols is 1. The fraction of sp³-hybridized carbons (Fsp3) is 0. The van der Waals surface area contributed by atoms with Gasteiger partial charge in [-0.25, -0.2) is 0 Å². The summed E-state index contributed by atoms with van der Waals surface area (Å²) in [5.41, 5.74) is 2.81. The smallest absolute Gasteiger partial charge is 0.134 e. The second-order valence-corrected chi connectivity index (χ2v) is 4.45. The third kappa shape index (κ3) is 1.81. The van der Waals surface area contributed by atoms with Crippen LogP contribution in [-0.4, -0.2) is 10.1 Å². The number of para-hydroxylation sites is 1. The van der Waals surface area contributed by atoms with Gasteiger partial charge in [0, 0.05) is 17.1 Å². The minimum absolute atomic E-state index is 0.0853. The first-order chi connectivity index (χ1) is 8.75. The van der Waals surface area contributed by atoms with Gasteiger partial charge in [-0.1, -0.05) is 41.9 Å². The largest absolute Gasteiger partial charge is 0.506 e. The van der Waals surface area contributed by atoms with Crippen molar-refractivity contribution in [3.8, 4) is 16.9 Å². The van der Waals surface area contributed by atoms with Crippen LogP contribution in [0.3, 0.4) is 0 Å². The van der Waals surface area contributed by atoms with Crippen LogP contribution in [0.25, 0.3) is 22.0 Å². The molecule has 0 amide bonds. The summed E-state index contributed by atoms with van der Waals surface area (Å²) in [6.45, 7) is 0. The summed E-state index contributed by atoms with van der Waals surface area (Å²) >= 11 is 5.82. The third-order valence-corrected chi connectivity index (χ3v) is 3.21. The van der Waals surface area contributed by atoms with E-state index in [9.17, 15) is 5.11 Å². The zero-order valence-corrected chi connectivity index (χ0v) is 10.2. The Bertz CT molecular complexity index is 719. The highest BCUT2D eigenvalue weighted by molar-refractivity contribution is 6.32. The van der Waals surface area contributed by atoms with Crippen molar-refractivity contribution in [2.45, 2.75) is 0 Å². The maximum Gasteiger partial charge on any atom is 0.134 e. The van der Waals surface area contributed by atoms with Gasteiger partial charge in [-0.05, 0) is 23.8 Å². The monoisotopic (exact) mass is 255 g/mol. The number of aromatic hydroxyl groups is 1. The van der Waals surface area contributed by atoms with Gasteiger partial charge >= 0.3 is 0 Å². The molecule has 3 heteroatoms. The van der Waals surface area contributed by atoms with Crippen LogP contribution in [-0.2, 0) is 0 Å². The molecule has 0 unspecified atom stereocenters.